The van der Waals surface area contributed by atoms with Crippen LogP contribution in [-0.2, 0) is 0 Å². The van der Waals surface area contributed by atoms with E-state index in [0.717, 1.165) is 12.8 Å². The highest BCUT2D eigenvalue weighted by atomic mass is 16.5. The molecule has 1 atom stereocenters. The second-order valence-corrected chi connectivity index (χ2v) is 5.87. The maximum absolute atomic E-state index is 12.4. The molecule has 1 aliphatic rings. The van der Waals surface area contributed by atoms with Crippen molar-refractivity contribution in [3.63, 3.8) is 0 Å². The largest absolute Gasteiger partial charge is 0.470 e. The van der Waals surface area contributed by atoms with Crippen LogP contribution in [0.4, 0.5) is 5.82 Å². The summed E-state index contributed by atoms with van der Waals surface area (Å²) in [6.45, 7) is 1.07. The molecule has 0 aromatic carbocycles. The lowest BCUT2D eigenvalue weighted by Crippen LogP contribution is -2.44. The summed E-state index contributed by atoms with van der Waals surface area (Å²) in [6.07, 6.45) is 6.07. The van der Waals surface area contributed by atoms with Gasteiger partial charge in [0.1, 0.15) is 11.8 Å². The maximum atomic E-state index is 12.4. The van der Waals surface area contributed by atoms with Crippen molar-refractivity contribution in [3.05, 3.63) is 34.8 Å². The Labute approximate surface area is 138 Å². The van der Waals surface area contributed by atoms with Crippen LogP contribution >= 0.6 is 0 Å². The minimum Gasteiger partial charge on any atom is -0.470 e. The number of anilines is 1. The fourth-order valence-corrected chi connectivity index (χ4v) is 2.70. The zero-order chi connectivity index (χ0) is 17.1. The molecule has 2 aromatic heterocycles. The minimum absolute atomic E-state index is 0.163. The number of piperidine rings is 1. The topological polar surface area (TPSA) is 107 Å². The number of H-pyrrole nitrogens is 2. The molecule has 9 nitrogen and oxygen atoms in total. The quantitative estimate of drug-likeness (QED) is 0.831. The number of nitrogens with one attached hydrogen (secondary N) is 2. The summed E-state index contributed by atoms with van der Waals surface area (Å²) in [4.78, 5) is 40.5. The van der Waals surface area contributed by atoms with Crippen LogP contribution in [0.15, 0.2) is 23.4 Å². The summed E-state index contributed by atoms with van der Waals surface area (Å²) in [5.41, 5.74) is -0.132. The number of rotatable bonds is 4. The van der Waals surface area contributed by atoms with E-state index in [2.05, 4.69) is 19.9 Å². The van der Waals surface area contributed by atoms with Gasteiger partial charge in [0.25, 0.3) is 11.8 Å². The molecule has 128 valence electrons. The van der Waals surface area contributed by atoms with Gasteiger partial charge in [-0.2, -0.15) is 0 Å². The first-order valence-electron chi connectivity index (χ1n) is 7.76. The van der Waals surface area contributed by atoms with Crippen LogP contribution in [0.5, 0.6) is 5.88 Å². The Kier molecular flexibility index (Phi) is 4.50. The Bertz CT molecular complexity index is 768. The van der Waals surface area contributed by atoms with Gasteiger partial charge in [0, 0.05) is 39.2 Å². The average molecular weight is 332 g/mol. The van der Waals surface area contributed by atoms with Crippen LogP contribution in [0.2, 0.25) is 0 Å². The van der Waals surface area contributed by atoms with Gasteiger partial charge in [0.2, 0.25) is 0 Å². The van der Waals surface area contributed by atoms with E-state index in [-0.39, 0.29) is 17.7 Å². The summed E-state index contributed by atoms with van der Waals surface area (Å²) < 4.78 is 5.98. The standard InChI is InChI=1S/C15H20N6O3/c1-20(2)12-13(17-6-5-16-12)24-10-4-3-7-21(9-10)14(22)11-8-18-15(23)19-11/h5-6,8,10H,3-4,7,9H2,1-2H3,(H2,18,19,23). The zero-order valence-electron chi connectivity index (χ0n) is 13.7. The van der Waals surface area contributed by atoms with Gasteiger partial charge in [-0.05, 0) is 12.8 Å². The predicted molar refractivity (Wildman–Crippen MR) is 87.3 cm³/mol. The third kappa shape index (κ3) is 3.39. The Morgan fingerprint density at radius 1 is 1.38 bits per heavy atom. The highest BCUT2D eigenvalue weighted by Gasteiger charge is 2.27. The van der Waals surface area contributed by atoms with Crippen molar-refractivity contribution in [1.82, 2.24) is 24.8 Å². The van der Waals surface area contributed by atoms with Crippen LogP contribution < -0.4 is 15.3 Å². The molecule has 1 fully saturated rings. The Morgan fingerprint density at radius 2 is 2.17 bits per heavy atom. The molecular formula is C15H20N6O3. The molecule has 24 heavy (non-hydrogen) atoms. The Morgan fingerprint density at radius 3 is 2.88 bits per heavy atom. The van der Waals surface area contributed by atoms with Crippen molar-refractivity contribution in [2.75, 3.05) is 32.1 Å². The highest BCUT2D eigenvalue weighted by molar-refractivity contribution is 5.92. The molecule has 2 aromatic rings. The molecule has 3 heterocycles. The van der Waals surface area contributed by atoms with Crippen molar-refractivity contribution in [2.45, 2.75) is 18.9 Å². The normalized spacial score (nSPS) is 17.6. The molecule has 2 N–H and O–H groups in total. The zero-order valence-corrected chi connectivity index (χ0v) is 13.7. The molecule has 0 spiro atoms. The van der Waals surface area contributed by atoms with Gasteiger partial charge in [-0.3, -0.25) is 4.79 Å². The van der Waals surface area contributed by atoms with Gasteiger partial charge in [-0.1, -0.05) is 0 Å². The lowest BCUT2D eigenvalue weighted by Gasteiger charge is -2.32. The minimum atomic E-state index is -0.390. The van der Waals surface area contributed by atoms with E-state index in [0.29, 0.717) is 24.8 Å². The summed E-state index contributed by atoms with van der Waals surface area (Å²) in [5, 5.41) is 0. The first-order valence-corrected chi connectivity index (χ1v) is 7.76. The van der Waals surface area contributed by atoms with E-state index in [1.807, 2.05) is 19.0 Å². The van der Waals surface area contributed by atoms with Crippen LogP contribution in [0.25, 0.3) is 0 Å². The number of carbonyl (C=O) groups is 1. The lowest BCUT2D eigenvalue weighted by molar-refractivity contribution is 0.0523. The number of hydrogen-bond donors (Lipinski definition) is 2. The number of ether oxygens (including phenoxy) is 1. The monoisotopic (exact) mass is 332 g/mol. The van der Waals surface area contributed by atoms with Crippen molar-refractivity contribution < 1.29 is 9.53 Å². The second kappa shape index (κ2) is 6.73. The molecule has 1 unspecified atom stereocenters. The number of nitrogens with zero attached hydrogens (tertiary/aromatic N) is 4. The second-order valence-electron chi connectivity index (χ2n) is 5.87. The third-order valence-corrected chi connectivity index (χ3v) is 3.84. The molecule has 0 bridgehead atoms. The predicted octanol–water partition coefficient (Wildman–Crippen LogP) is 0.243. The average Bonchev–Trinajstić information content (AvgIpc) is 3.01. The number of hydrogen-bond acceptors (Lipinski definition) is 6. The fourth-order valence-electron chi connectivity index (χ4n) is 2.70. The van der Waals surface area contributed by atoms with Crippen LogP contribution in [-0.4, -0.2) is 64.0 Å². The van der Waals surface area contributed by atoms with Crippen LogP contribution in [0.3, 0.4) is 0 Å². The third-order valence-electron chi connectivity index (χ3n) is 3.84. The van der Waals surface area contributed by atoms with Crippen LogP contribution in [0.1, 0.15) is 23.3 Å². The van der Waals surface area contributed by atoms with Crippen molar-refractivity contribution >= 4 is 11.7 Å². The molecule has 1 aliphatic heterocycles. The molecule has 0 saturated carbocycles. The summed E-state index contributed by atoms with van der Waals surface area (Å²) in [6, 6.07) is 0. The van der Waals surface area contributed by atoms with E-state index < -0.39 is 5.69 Å². The van der Waals surface area contributed by atoms with E-state index in [4.69, 9.17) is 4.74 Å². The van der Waals surface area contributed by atoms with Gasteiger partial charge in [0.15, 0.2) is 5.82 Å². The Hall–Kier alpha value is -2.84. The SMILES string of the molecule is CN(C)c1nccnc1OC1CCCN(C(=O)c2c[nH]c(=O)[nH]2)C1. The van der Waals surface area contributed by atoms with Crippen molar-refractivity contribution in [2.24, 2.45) is 0 Å². The number of imidazole rings is 1. The van der Waals surface area contributed by atoms with Gasteiger partial charge in [0.05, 0.1) is 6.54 Å². The first-order chi connectivity index (χ1) is 11.5. The number of amides is 1. The van der Waals surface area contributed by atoms with E-state index in [1.165, 1.54) is 6.20 Å². The number of aromatic nitrogens is 4. The smallest absolute Gasteiger partial charge is 0.323 e. The highest BCUT2D eigenvalue weighted by Crippen LogP contribution is 2.24. The van der Waals surface area contributed by atoms with E-state index >= 15 is 0 Å². The number of aromatic amines is 2. The molecule has 0 radical (unpaired) electrons. The summed E-state index contributed by atoms with van der Waals surface area (Å²) in [5.74, 6) is 0.890. The molecule has 0 aliphatic carbocycles. The lowest BCUT2D eigenvalue weighted by atomic mass is 10.1. The first kappa shape index (κ1) is 16.0. The number of carbonyl (C=O) groups excluding carboxylic acids is 1. The van der Waals surface area contributed by atoms with E-state index in [9.17, 15) is 9.59 Å². The summed E-state index contributed by atoms with van der Waals surface area (Å²) >= 11 is 0. The van der Waals surface area contributed by atoms with Crippen molar-refractivity contribution in [1.29, 1.82) is 0 Å². The number of likely N-dealkylation sites (tertiary alicyclic amines) is 1. The van der Waals surface area contributed by atoms with E-state index in [1.54, 1.807) is 17.3 Å². The van der Waals surface area contributed by atoms with Gasteiger partial charge in [-0.25, -0.2) is 14.8 Å². The van der Waals surface area contributed by atoms with Gasteiger partial charge in [-0.15, -0.1) is 0 Å². The molecule has 9 heteroatoms. The van der Waals surface area contributed by atoms with Gasteiger partial charge >= 0.3 is 5.69 Å². The molecular weight excluding hydrogens is 312 g/mol. The molecule has 3 rings (SSSR count). The van der Waals surface area contributed by atoms with Crippen molar-refractivity contribution in [3.8, 4) is 5.88 Å². The molecule has 1 amide bonds. The van der Waals surface area contributed by atoms with Crippen LogP contribution in [0, 0.1) is 0 Å². The summed E-state index contributed by atoms with van der Waals surface area (Å²) in [7, 11) is 3.74. The Balaban J connectivity index is 1.70. The van der Waals surface area contributed by atoms with Gasteiger partial charge < -0.3 is 24.5 Å². The maximum Gasteiger partial charge on any atom is 0.323 e. The fraction of sp³-hybridized carbons (Fsp3) is 0.467. The molecule has 1 saturated heterocycles.